The third kappa shape index (κ3) is 6.26. The van der Waals surface area contributed by atoms with Crippen molar-refractivity contribution in [3.05, 3.63) is 75.3 Å². The number of hydrogen-bond acceptors (Lipinski definition) is 5. The van der Waals surface area contributed by atoms with Gasteiger partial charge in [-0.15, -0.1) is 0 Å². The van der Waals surface area contributed by atoms with E-state index in [9.17, 15) is 9.59 Å². The Morgan fingerprint density at radius 2 is 1.94 bits per heavy atom. The summed E-state index contributed by atoms with van der Waals surface area (Å²) in [5.74, 6) is 0.887. The number of aromatic nitrogens is 2. The maximum absolute atomic E-state index is 13.6. The van der Waals surface area contributed by atoms with Crippen LogP contribution in [0.15, 0.2) is 53.3 Å². The third-order valence-electron chi connectivity index (χ3n) is 6.66. The van der Waals surface area contributed by atoms with Gasteiger partial charge in [0.25, 0.3) is 5.56 Å². The predicted molar refractivity (Wildman–Crippen MR) is 143 cm³/mol. The summed E-state index contributed by atoms with van der Waals surface area (Å²) >= 11 is 6.20. The van der Waals surface area contributed by atoms with Crippen LogP contribution in [0.3, 0.4) is 0 Å². The zero-order valence-corrected chi connectivity index (χ0v) is 22.2. The lowest BCUT2D eigenvalue weighted by Crippen LogP contribution is -2.37. The monoisotopic (exact) mass is 510 g/mol. The lowest BCUT2D eigenvalue weighted by Gasteiger charge is -2.29. The van der Waals surface area contributed by atoms with Crippen LogP contribution in [0.1, 0.15) is 50.9 Å². The van der Waals surface area contributed by atoms with Gasteiger partial charge in [0.15, 0.2) is 0 Å². The SMILES string of the molecule is CN1CCC(c2nc3ccc(Cl)cc3c(=O)n2CC(C)(C)C)C1CCNC(=O)OCc1ccccc1. The van der Waals surface area contributed by atoms with E-state index in [2.05, 4.69) is 38.0 Å². The minimum absolute atomic E-state index is 0.0525. The highest BCUT2D eigenvalue weighted by Crippen LogP contribution is 2.34. The fourth-order valence-corrected chi connectivity index (χ4v) is 5.12. The Morgan fingerprint density at radius 1 is 1.19 bits per heavy atom. The Morgan fingerprint density at radius 3 is 2.67 bits per heavy atom. The van der Waals surface area contributed by atoms with E-state index < -0.39 is 6.09 Å². The van der Waals surface area contributed by atoms with Crippen LogP contribution in [0.2, 0.25) is 5.02 Å². The van der Waals surface area contributed by atoms with E-state index in [0.717, 1.165) is 30.8 Å². The van der Waals surface area contributed by atoms with Crippen molar-refractivity contribution in [1.29, 1.82) is 0 Å². The molecule has 2 aromatic carbocycles. The number of nitrogens with one attached hydrogen (secondary N) is 1. The predicted octanol–water partition coefficient (Wildman–Crippen LogP) is 5.20. The molecule has 36 heavy (non-hydrogen) atoms. The molecule has 0 radical (unpaired) electrons. The largest absolute Gasteiger partial charge is 0.445 e. The Kier molecular flexibility index (Phi) is 8.00. The molecule has 0 saturated carbocycles. The molecule has 2 unspecified atom stereocenters. The van der Waals surface area contributed by atoms with E-state index in [1.807, 2.05) is 41.0 Å². The highest BCUT2D eigenvalue weighted by Gasteiger charge is 2.36. The van der Waals surface area contributed by atoms with Gasteiger partial charge in [-0.2, -0.15) is 0 Å². The summed E-state index contributed by atoms with van der Waals surface area (Å²) in [6.07, 6.45) is 1.20. The number of benzene rings is 2. The number of rotatable bonds is 7. The van der Waals surface area contributed by atoms with Gasteiger partial charge in [0.1, 0.15) is 12.4 Å². The fourth-order valence-electron chi connectivity index (χ4n) is 4.95. The van der Waals surface area contributed by atoms with Crippen LogP contribution in [-0.2, 0) is 17.9 Å². The summed E-state index contributed by atoms with van der Waals surface area (Å²) in [5.41, 5.74) is 1.46. The average molecular weight is 511 g/mol. The molecule has 1 fully saturated rings. The molecule has 3 aromatic rings. The standard InChI is InChI=1S/C28H35ClN4O3/c1-28(2,3)18-33-25(31-23-11-10-20(29)16-22(23)26(33)34)21-13-15-32(4)24(21)12-14-30-27(35)36-17-19-8-6-5-7-9-19/h5-11,16,21,24H,12-15,17-18H2,1-4H3,(H,30,35). The Labute approximate surface area is 217 Å². The molecule has 4 rings (SSSR count). The molecule has 7 nitrogen and oxygen atoms in total. The normalized spacial score (nSPS) is 18.5. The Bertz CT molecular complexity index is 1270. The zero-order valence-electron chi connectivity index (χ0n) is 21.5. The van der Waals surface area contributed by atoms with E-state index in [-0.39, 0.29) is 29.5 Å². The first-order chi connectivity index (χ1) is 17.1. The van der Waals surface area contributed by atoms with E-state index in [0.29, 0.717) is 29.0 Å². The minimum Gasteiger partial charge on any atom is -0.445 e. The van der Waals surface area contributed by atoms with Gasteiger partial charge in [0.05, 0.1) is 10.9 Å². The molecule has 2 atom stereocenters. The molecule has 192 valence electrons. The second kappa shape index (κ2) is 11.0. The molecule has 1 saturated heterocycles. The lowest BCUT2D eigenvalue weighted by atomic mass is 9.93. The number of carbonyl (C=O) groups excluding carboxylic acids is 1. The van der Waals surface area contributed by atoms with Crippen molar-refractivity contribution in [3.63, 3.8) is 0 Å². The van der Waals surface area contributed by atoms with Gasteiger partial charge in [-0.1, -0.05) is 62.7 Å². The zero-order chi connectivity index (χ0) is 25.9. The first-order valence-corrected chi connectivity index (χ1v) is 12.8. The summed E-state index contributed by atoms with van der Waals surface area (Å²) < 4.78 is 7.19. The lowest BCUT2D eigenvalue weighted by molar-refractivity contribution is 0.138. The molecule has 1 amide bonds. The quantitative estimate of drug-likeness (QED) is 0.472. The maximum Gasteiger partial charge on any atom is 0.407 e. The number of ether oxygens (including phenoxy) is 1. The van der Waals surface area contributed by atoms with Crippen LogP contribution in [-0.4, -0.2) is 46.7 Å². The van der Waals surface area contributed by atoms with Crippen molar-refractivity contribution < 1.29 is 9.53 Å². The van der Waals surface area contributed by atoms with Crippen molar-refractivity contribution in [1.82, 2.24) is 19.8 Å². The summed E-state index contributed by atoms with van der Waals surface area (Å²) in [6, 6.07) is 15.1. The molecule has 1 aromatic heterocycles. The molecule has 1 aliphatic rings. The number of hydrogen-bond donors (Lipinski definition) is 1. The van der Waals surface area contributed by atoms with Crippen LogP contribution in [0, 0.1) is 5.41 Å². The summed E-state index contributed by atoms with van der Waals surface area (Å²) in [4.78, 5) is 33.1. The number of amides is 1. The smallest absolute Gasteiger partial charge is 0.407 e. The van der Waals surface area contributed by atoms with Gasteiger partial charge in [-0.05, 0) is 55.6 Å². The fraction of sp³-hybridized carbons (Fsp3) is 0.464. The molecule has 2 heterocycles. The van der Waals surface area contributed by atoms with Crippen molar-refractivity contribution in [2.45, 2.75) is 58.7 Å². The van der Waals surface area contributed by atoms with Gasteiger partial charge in [-0.25, -0.2) is 9.78 Å². The third-order valence-corrected chi connectivity index (χ3v) is 6.89. The number of fused-ring (bicyclic) bond motifs is 1. The molecule has 0 spiro atoms. The Hall–Kier alpha value is -2.90. The van der Waals surface area contributed by atoms with Crippen LogP contribution in [0.25, 0.3) is 10.9 Å². The van der Waals surface area contributed by atoms with E-state index in [4.69, 9.17) is 21.3 Å². The molecular formula is C28H35ClN4O3. The number of likely N-dealkylation sites (tertiary alicyclic amines) is 1. The van der Waals surface area contributed by atoms with Crippen molar-refractivity contribution >= 4 is 28.6 Å². The molecule has 1 aliphatic heterocycles. The second-order valence-corrected chi connectivity index (χ2v) is 11.2. The second-order valence-electron chi connectivity index (χ2n) is 10.8. The van der Waals surface area contributed by atoms with Gasteiger partial charge < -0.3 is 15.0 Å². The van der Waals surface area contributed by atoms with E-state index in [1.165, 1.54) is 0 Å². The number of halogens is 1. The van der Waals surface area contributed by atoms with Crippen LogP contribution in [0.5, 0.6) is 0 Å². The van der Waals surface area contributed by atoms with Crippen LogP contribution in [0.4, 0.5) is 4.79 Å². The summed E-state index contributed by atoms with van der Waals surface area (Å²) in [6.45, 7) is 8.54. The molecular weight excluding hydrogens is 476 g/mol. The van der Waals surface area contributed by atoms with Gasteiger partial charge in [-0.3, -0.25) is 9.36 Å². The topological polar surface area (TPSA) is 76.5 Å². The summed E-state index contributed by atoms with van der Waals surface area (Å²) in [5, 5.41) is 3.95. The first kappa shape index (κ1) is 26.2. The molecule has 0 aliphatic carbocycles. The van der Waals surface area contributed by atoms with Crippen LogP contribution >= 0.6 is 11.6 Å². The Balaban J connectivity index is 1.52. The molecule has 8 heteroatoms. The molecule has 1 N–H and O–H groups in total. The number of likely N-dealkylation sites (N-methyl/N-ethyl adjacent to an activating group) is 1. The van der Waals surface area contributed by atoms with Gasteiger partial charge in [0.2, 0.25) is 0 Å². The van der Waals surface area contributed by atoms with Crippen molar-refractivity contribution in [2.75, 3.05) is 20.1 Å². The number of alkyl carbamates (subject to hydrolysis) is 1. The number of carbonyl (C=O) groups is 1. The average Bonchev–Trinajstić information content (AvgIpc) is 3.20. The van der Waals surface area contributed by atoms with E-state index >= 15 is 0 Å². The van der Waals surface area contributed by atoms with Crippen molar-refractivity contribution in [3.8, 4) is 0 Å². The van der Waals surface area contributed by atoms with Gasteiger partial charge in [0, 0.05) is 30.1 Å². The summed E-state index contributed by atoms with van der Waals surface area (Å²) in [7, 11) is 2.09. The number of nitrogens with zero attached hydrogens (tertiary/aromatic N) is 3. The minimum atomic E-state index is -0.429. The van der Waals surface area contributed by atoms with Crippen LogP contribution < -0.4 is 10.9 Å². The van der Waals surface area contributed by atoms with Crippen molar-refractivity contribution in [2.24, 2.45) is 5.41 Å². The van der Waals surface area contributed by atoms with Gasteiger partial charge >= 0.3 is 6.09 Å². The van der Waals surface area contributed by atoms with E-state index in [1.54, 1.807) is 12.1 Å². The highest BCUT2D eigenvalue weighted by atomic mass is 35.5. The highest BCUT2D eigenvalue weighted by molar-refractivity contribution is 6.31. The maximum atomic E-state index is 13.6. The first-order valence-electron chi connectivity index (χ1n) is 12.5. The molecule has 0 bridgehead atoms.